The molecule has 2 aromatic heterocycles. The number of nitrogens with zero attached hydrogens (tertiary/aromatic N) is 5. The van der Waals surface area contributed by atoms with Gasteiger partial charge in [0.05, 0.1) is 0 Å². The zero-order valence-electron chi connectivity index (χ0n) is 13.9. The van der Waals surface area contributed by atoms with Gasteiger partial charge in [0, 0.05) is 24.8 Å². The zero-order valence-corrected chi connectivity index (χ0v) is 13.9. The standard InChI is InChI=1S/C17H19N7O/c1-12-3-2-4-13(9-12)19-17(25)20-14-7-8-23(10-14)16-6-5-15-21-18-11-24(15)22-16/h2-6,9,11,14H,7-8,10H2,1H3,(H2,19,20,25)/t14-/m0/s1. The number of benzene rings is 1. The molecule has 128 valence electrons. The maximum Gasteiger partial charge on any atom is 0.319 e. The first-order valence-corrected chi connectivity index (χ1v) is 8.23. The summed E-state index contributed by atoms with van der Waals surface area (Å²) in [5.74, 6) is 0.857. The van der Waals surface area contributed by atoms with Crippen molar-refractivity contribution in [2.24, 2.45) is 0 Å². The Balaban J connectivity index is 1.36. The van der Waals surface area contributed by atoms with Crippen molar-refractivity contribution in [2.75, 3.05) is 23.3 Å². The van der Waals surface area contributed by atoms with Crippen LogP contribution in [-0.4, -0.2) is 45.0 Å². The molecule has 8 heteroatoms. The monoisotopic (exact) mass is 337 g/mol. The lowest BCUT2D eigenvalue weighted by Crippen LogP contribution is -2.39. The summed E-state index contributed by atoms with van der Waals surface area (Å²) in [5, 5.41) is 18.2. The van der Waals surface area contributed by atoms with Crippen molar-refractivity contribution in [3.05, 3.63) is 48.3 Å². The normalized spacial score (nSPS) is 17.0. The number of fused-ring (bicyclic) bond motifs is 1. The third kappa shape index (κ3) is 3.37. The lowest BCUT2D eigenvalue weighted by Gasteiger charge is -2.18. The van der Waals surface area contributed by atoms with Crippen molar-refractivity contribution in [3.8, 4) is 0 Å². The van der Waals surface area contributed by atoms with Crippen molar-refractivity contribution in [2.45, 2.75) is 19.4 Å². The van der Waals surface area contributed by atoms with Crippen molar-refractivity contribution in [1.29, 1.82) is 0 Å². The van der Waals surface area contributed by atoms with Crippen LogP contribution in [0.25, 0.3) is 5.65 Å². The van der Waals surface area contributed by atoms with Gasteiger partial charge in [-0.3, -0.25) is 0 Å². The van der Waals surface area contributed by atoms with Gasteiger partial charge in [-0.2, -0.15) is 4.52 Å². The summed E-state index contributed by atoms with van der Waals surface area (Å²) in [6.45, 7) is 3.56. The number of anilines is 2. The summed E-state index contributed by atoms with van der Waals surface area (Å²) in [6, 6.07) is 11.5. The van der Waals surface area contributed by atoms with Gasteiger partial charge in [-0.1, -0.05) is 12.1 Å². The highest BCUT2D eigenvalue weighted by Crippen LogP contribution is 2.18. The lowest BCUT2D eigenvalue weighted by atomic mass is 10.2. The third-order valence-electron chi connectivity index (χ3n) is 4.27. The molecule has 1 aliphatic heterocycles. The van der Waals surface area contributed by atoms with Gasteiger partial charge in [0.2, 0.25) is 0 Å². The Morgan fingerprint density at radius 2 is 2.20 bits per heavy atom. The van der Waals surface area contributed by atoms with E-state index < -0.39 is 0 Å². The van der Waals surface area contributed by atoms with E-state index in [1.54, 1.807) is 10.8 Å². The Labute approximate surface area is 144 Å². The first-order valence-electron chi connectivity index (χ1n) is 8.23. The molecule has 0 spiro atoms. The molecule has 1 atom stereocenters. The molecule has 0 bridgehead atoms. The summed E-state index contributed by atoms with van der Waals surface area (Å²) in [4.78, 5) is 14.3. The van der Waals surface area contributed by atoms with Crippen molar-refractivity contribution in [1.82, 2.24) is 25.1 Å². The Hall–Kier alpha value is -3.16. The molecule has 0 radical (unpaired) electrons. The Morgan fingerprint density at radius 3 is 3.08 bits per heavy atom. The Bertz CT molecular complexity index is 907. The van der Waals surface area contributed by atoms with Crippen molar-refractivity contribution >= 4 is 23.2 Å². The van der Waals surface area contributed by atoms with E-state index in [1.807, 2.05) is 43.3 Å². The molecule has 0 saturated carbocycles. The molecule has 0 unspecified atom stereocenters. The quantitative estimate of drug-likeness (QED) is 0.761. The van der Waals surface area contributed by atoms with E-state index in [4.69, 9.17) is 0 Å². The number of carbonyl (C=O) groups is 1. The molecule has 1 aliphatic rings. The molecule has 1 fully saturated rings. The van der Waals surface area contributed by atoms with Gasteiger partial charge in [0.25, 0.3) is 0 Å². The van der Waals surface area contributed by atoms with Crippen LogP contribution >= 0.6 is 0 Å². The summed E-state index contributed by atoms with van der Waals surface area (Å²) in [5.41, 5.74) is 2.63. The van der Waals surface area contributed by atoms with E-state index in [0.29, 0.717) is 0 Å². The summed E-state index contributed by atoms with van der Waals surface area (Å²) < 4.78 is 1.65. The van der Waals surface area contributed by atoms with Crippen LogP contribution in [0.2, 0.25) is 0 Å². The molecule has 25 heavy (non-hydrogen) atoms. The van der Waals surface area contributed by atoms with Crippen molar-refractivity contribution < 1.29 is 4.79 Å². The topological polar surface area (TPSA) is 87.5 Å². The average Bonchev–Trinajstić information content (AvgIpc) is 3.23. The van der Waals surface area contributed by atoms with Crippen LogP contribution < -0.4 is 15.5 Å². The number of aryl methyl sites for hydroxylation is 1. The molecule has 1 aromatic carbocycles. The highest BCUT2D eigenvalue weighted by molar-refractivity contribution is 5.89. The molecule has 0 aliphatic carbocycles. The van der Waals surface area contributed by atoms with Gasteiger partial charge in [-0.25, -0.2) is 4.79 Å². The van der Waals surface area contributed by atoms with E-state index in [1.165, 1.54) is 0 Å². The van der Waals surface area contributed by atoms with Gasteiger partial charge in [-0.05, 0) is 43.2 Å². The Kier molecular flexibility index (Phi) is 3.93. The minimum atomic E-state index is -0.181. The van der Waals surface area contributed by atoms with Crippen LogP contribution in [-0.2, 0) is 0 Å². The molecule has 3 aromatic rings. The van der Waals surface area contributed by atoms with Crippen molar-refractivity contribution in [3.63, 3.8) is 0 Å². The van der Waals surface area contributed by atoms with Gasteiger partial charge >= 0.3 is 6.03 Å². The van der Waals surface area contributed by atoms with Crippen LogP contribution in [0, 0.1) is 6.92 Å². The average molecular weight is 337 g/mol. The van der Waals surface area contributed by atoms with E-state index in [0.717, 1.165) is 42.2 Å². The SMILES string of the molecule is Cc1cccc(NC(=O)N[C@H]2CCN(c3ccc4nncn4n3)C2)c1. The highest BCUT2D eigenvalue weighted by atomic mass is 16.2. The molecular weight excluding hydrogens is 318 g/mol. The fraction of sp³-hybridized carbons (Fsp3) is 0.294. The van der Waals surface area contributed by atoms with Crippen LogP contribution in [0.1, 0.15) is 12.0 Å². The van der Waals surface area contributed by atoms with Crippen LogP contribution in [0.15, 0.2) is 42.7 Å². The molecule has 4 rings (SSSR count). The lowest BCUT2D eigenvalue weighted by molar-refractivity contribution is 0.249. The predicted molar refractivity (Wildman–Crippen MR) is 94.7 cm³/mol. The number of amides is 2. The second kappa shape index (κ2) is 6.39. The number of nitrogens with one attached hydrogen (secondary N) is 2. The number of rotatable bonds is 3. The summed E-state index contributed by atoms with van der Waals surface area (Å²) in [6.07, 6.45) is 2.46. The maximum absolute atomic E-state index is 12.2. The number of hydrogen-bond acceptors (Lipinski definition) is 5. The predicted octanol–water partition coefficient (Wildman–Crippen LogP) is 1.83. The number of urea groups is 1. The molecule has 1 saturated heterocycles. The highest BCUT2D eigenvalue weighted by Gasteiger charge is 2.25. The smallest absolute Gasteiger partial charge is 0.319 e. The fourth-order valence-corrected chi connectivity index (χ4v) is 3.05. The van der Waals surface area contributed by atoms with Gasteiger partial charge in [-0.15, -0.1) is 15.3 Å². The van der Waals surface area contributed by atoms with E-state index in [9.17, 15) is 4.79 Å². The van der Waals surface area contributed by atoms with Crippen LogP contribution in [0.5, 0.6) is 0 Å². The van der Waals surface area contributed by atoms with E-state index >= 15 is 0 Å². The van der Waals surface area contributed by atoms with Gasteiger partial charge in [0.15, 0.2) is 5.65 Å². The third-order valence-corrected chi connectivity index (χ3v) is 4.27. The van der Waals surface area contributed by atoms with Gasteiger partial charge in [0.1, 0.15) is 12.1 Å². The molecule has 2 amide bonds. The minimum absolute atomic E-state index is 0.0863. The summed E-state index contributed by atoms with van der Waals surface area (Å²) in [7, 11) is 0. The second-order valence-corrected chi connectivity index (χ2v) is 6.22. The summed E-state index contributed by atoms with van der Waals surface area (Å²) >= 11 is 0. The van der Waals surface area contributed by atoms with Gasteiger partial charge < -0.3 is 15.5 Å². The van der Waals surface area contributed by atoms with E-state index in [-0.39, 0.29) is 12.1 Å². The second-order valence-electron chi connectivity index (χ2n) is 6.22. The zero-order chi connectivity index (χ0) is 17.2. The first-order chi connectivity index (χ1) is 12.2. The number of aromatic nitrogens is 4. The largest absolute Gasteiger partial charge is 0.353 e. The minimum Gasteiger partial charge on any atom is -0.353 e. The molecule has 8 nitrogen and oxygen atoms in total. The van der Waals surface area contributed by atoms with Crippen LogP contribution in [0.3, 0.4) is 0 Å². The first kappa shape index (κ1) is 15.4. The molecule has 3 heterocycles. The number of hydrogen-bond donors (Lipinski definition) is 2. The molecular formula is C17H19N7O. The maximum atomic E-state index is 12.2. The fourth-order valence-electron chi connectivity index (χ4n) is 3.05. The van der Waals surface area contributed by atoms with E-state index in [2.05, 4.69) is 30.8 Å². The molecule has 2 N–H and O–H groups in total. The Morgan fingerprint density at radius 1 is 1.28 bits per heavy atom. The van der Waals surface area contributed by atoms with Crippen LogP contribution in [0.4, 0.5) is 16.3 Å². The number of carbonyl (C=O) groups excluding carboxylic acids is 1.